The van der Waals surface area contributed by atoms with Gasteiger partial charge in [0, 0.05) is 30.3 Å². The van der Waals surface area contributed by atoms with Gasteiger partial charge in [-0.3, -0.25) is 9.69 Å². The van der Waals surface area contributed by atoms with E-state index in [0.29, 0.717) is 12.1 Å². The highest BCUT2D eigenvalue weighted by molar-refractivity contribution is 6.05. The highest BCUT2D eigenvalue weighted by Gasteiger charge is 2.37. The molecule has 0 aromatic heterocycles. The van der Waals surface area contributed by atoms with Crippen LogP contribution in [-0.2, 0) is 4.79 Å². The number of nitrogens with zero attached hydrogens (tertiary/aromatic N) is 1. The molecule has 2 unspecified atom stereocenters. The van der Waals surface area contributed by atoms with E-state index in [9.17, 15) is 4.79 Å². The van der Waals surface area contributed by atoms with E-state index < -0.39 is 0 Å². The van der Waals surface area contributed by atoms with Crippen LogP contribution in [0.2, 0.25) is 0 Å². The van der Waals surface area contributed by atoms with Gasteiger partial charge >= 0.3 is 0 Å². The van der Waals surface area contributed by atoms with Crippen LogP contribution in [0.1, 0.15) is 45.4 Å². The van der Waals surface area contributed by atoms with E-state index in [1.54, 1.807) is 6.08 Å². The number of carbonyl (C=O) groups is 1. The summed E-state index contributed by atoms with van der Waals surface area (Å²) in [6.45, 7) is 4.52. The van der Waals surface area contributed by atoms with E-state index in [4.69, 9.17) is 0 Å². The van der Waals surface area contributed by atoms with Crippen LogP contribution in [0.15, 0.2) is 47.0 Å². The van der Waals surface area contributed by atoms with Crippen LogP contribution >= 0.6 is 0 Å². The molecule has 4 nitrogen and oxygen atoms in total. The molecule has 4 heteroatoms. The lowest BCUT2D eigenvalue weighted by molar-refractivity contribution is -0.111. The second-order valence-corrected chi connectivity index (χ2v) is 7.42. The summed E-state index contributed by atoms with van der Waals surface area (Å²) in [5.74, 6) is 1.54. The maximum Gasteiger partial charge on any atom is 0.185 e. The number of piperidine rings is 1. The van der Waals surface area contributed by atoms with Crippen LogP contribution < -0.4 is 10.6 Å². The third-order valence-corrected chi connectivity index (χ3v) is 5.64. The van der Waals surface area contributed by atoms with Gasteiger partial charge in [0.1, 0.15) is 5.82 Å². The number of hydrogen-bond donors (Lipinski definition) is 2. The Kier molecular flexibility index (Phi) is 4.31. The minimum Gasteiger partial charge on any atom is -0.355 e. The van der Waals surface area contributed by atoms with Crippen LogP contribution in [0.25, 0.3) is 0 Å². The molecule has 0 radical (unpaired) electrons. The summed E-state index contributed by atoms with van der Waals surface area (Å²) in [4.78, 5) is 14.9. The van der Waals surface area contributed by atoms with Crippen LogP contribution in [0.3, 0.4) is 0 Å². The molecule has 2 fully saturated rings. The molecule has 2 aliphatic heterocycles. The van der Waals surface area contributed by atoms with Gasteiger partial charge < -0.3 is 10.6 Å². The number of rotatable bonds is 1. The van der Waals surface area contributed by atoms with Gasteiger partial charge in [-0.05, 0) is 51.2 Å². The minimum absolute atomic E-state index is 0.148. The van der Waals surface area contributed by atoms with Gasteiger partial charge in [0.25, 0.3) is 0 Å². The van der Waals surface area contributed by atoms with Gasteiger partial charge in [-0.1, -0.05) is 24.1 Å². The van der Waals surface area contributed by atoms with Crippen molar-refractivity contribution >= 4 is 5.78 Å². The van der Waals surface area contributed by atoms with E-state index in [1.165, 1.54) is 30.5 Å². The van der Waals surface area contributed by atoms with E-state index in [1.807, 2.05) is 6.08 Å². The average molecular weight is 325 g/mol. The fourth-order valence-corrected chi connectivity index (χ4v) is 4.32. The molecule has 128 valence electrons. The summed E-state index contributed by atoms with van der Waals surface area (Å²) in [5, 5.41) is 7.26. The second kappa shape index (κ2) is 6.60. The summed E-state index contributed by atoms with van der Waals surface area (Å²) in [7, 11) is 0. The SMILES string of the molecule is CC1=CC=C2NC(=C3CCC=CC3=O)NC(N3CCCCC3)C2C1. The molecule has 4 rings (SSSR count). The van der Waals surface area contributed by atoms with E-state index in [0.717, 1.165) is 43.7 Å². The fraction of sp³-hybridized carbons (Fsp3) is 0.550. The summed E-state index contributed by atoms with van der Waals surface area (Å²) < 4.78 is 0. The maximum atomic E-state index is 12.3. The summed E-state index contributed by atoms with van der Waals surface area (Å²) >= 11 is 0. The van der Waals surface area contributed by atoms with E-state index >= 15 is 0 Å². The molecule has 2 heterocycles. The first-order valence-electron chi connectivity index (χ1n) is 9.31. The van der Waals surface area contributed by atoms with Gasteiger partial charge in [0.2, 0.25) is 0 Å². The normalized spacial score (nSPS) is 34.0. The third kappa shape index (κ3) is 2.95. The maximum absolute atomic E-state index is 12.3. The second-order valence-electron chi connectivity index (χ2n) is 7.42. The zero-order valence-electron chi connectivity index (χ0n) is 14.5. The van der Waals surface area contributed by atoms with Crippen LogP contribution in [0.4, 0.5) is 0 Å². The Bertz CT molecular complexity index is 650. The van der Waals surface area contributed by atoms with Crippen LogP contribution in [-0.4, -0.2) is 29.9 Å². The number of hydrogen-bond acceptors (Lipinski definition) is 4. The first kappa shape index (κ1) is 15.7. The lowest BCUT2D eigenvalue weighted by Crippen LogP contribution is -2.59. The standard InChI is InChI=1S/C20H27N3O/c1-14-9-10-17-16(13-14)20(23-11-5-2-6-12-23)22-19(21-17)15-7-3-4-8-18(15)24/h4,8-10,16,20-22H,2-3,5-7,11-13H2,1H3. The zero-order chi connectivity index (χ0) is 16.5. The van der Waals surface area contributed by atoms with Gasteiger partial charge in [-0.2, -0.15) is 0 Å². The van der Waals surface area contributed by atoms with E-state index in [2.05, 4.69) is 34.6 Å². The minimum atomic E-state index is 0.148. The van der Waals surface area contributed by atoms with Gasteiger partial charge in [0.05, 0.1) is 6.17 Å². The van der Waals surface area contributed by atoms with Gasteiger partial charge in [-0.15, -0.1) is 0 Å². The molecule has 2 atom stereocenters. The van der Waals surface area contributed by atoms with Crippen molar-refractivity contribution in [3.63, 3.8) is 0 Å². The first-order chi connectivity index (χ1) is 11.7. The lowest BCUT2D eigenvalue weighted by atomic mass is 9.85. The molecule has 0 saturated carbocycles. The van der Waals surface area contributed by atoms with Gasteiger partial charge in [0.15, 0.2) is 5.78 Å². The Morgan fingerprint density at radius 2 is 2.00 bits per heavy atom. The number of carbonyl (C=O) groups excluding carboxylic acids is 1. The average Bonchev–Trinajstić information content (AvgIpc) is 2.62. The monoisotopic (exact) mass is 325 g/mol. The molecule has 24 heavy (non-hydrogen) atoms. The number of ketones is 1. The quantitative estimate of drug-likeness (QED) is 0.728. The third-order valence-electron chi connectivity index (χ3n) is 5.64. The van der Waals surface area contributed by atoms with Crippen LogP contribution in [0, 0.1) is 5.92 Å². The summed E-state index contributed by atoms with van der Waals surface area (Å²) in [6.07, 6.45) is 15.2. The number of fused-ring (bicyclic) bond motifs is 1. The van der Waals surface area contributed by atoms with E-state index in [-0.39, 0.29) is 5.78 Å². The fourth-order valence-electron chi connectivity index (χ4n) is 4.32. The molecule has 0 amide bonds. The predicted octanol–water partition coefficient (Wildman–Crippen LogP) is 2.97. The summed E-state index contributed by atoms with van der Waals surface area (Å²) in [6, 6.07) is 0. The Balaban J connectivity index is 1.68. The topological polar surface area (TPSA) is 44.4 Å². The molecule has 0 spiro atoms. The molecule has 4 aliphatic rings. The lowest BCUT2D eigenvalue weighted by Gasteiger charge is -2.46. The van der Waals surface area contributed by atoms with Crippen molar-refractivity contribution in [2.75, 3.05) is 13.1 Å². The van der Waals surface area contributed by atoms with Gasteiger partial charge in [-0.25, -0.2) is 0 Å². The van der Waals surface area contributed by atoms with Crippen molar-refractivity contribution in [3.05, 3.63) is 47.0 Å². The first-order valence-corrected chi connectivity index (χ1v) is 9.31. The molecule has 0 bridgehead atoms. The smallest absolute Gasteiger partial charge is 0.185 e. The molecule has 2 N–H and O–H groups in total. The van der Waals surface area contributed by atoms with Crippen molar-refractivity contribution in [2.24, 2.45) is 5.92 Å². The van der Waals surface area contributed by atoms with Crippen molar-refractivity contribution in [1.29, 1.82) is 0 Å². The van der Waals surface area contributed by atoms with Crippen molar-refractivity contribution in [3.8, 4) is 0 Å². The Hall–Kier alpha value is -1.81. The Morgan fingerprint density at radius 3 is 2.79 bits per heavy atom. The highest BCUT2D eigenvalue weighted by atomic mass is 16.1. The predicted molar refractivity (Wildman–Crippen MR) is 95.8 cm³/mol. The van der Waals surface area contributed by atoms with Crippen LogP contribution in [0.5, 0.6) is 0 Å². The number of allylic oxidation sites excluding steroid dienone is 6. The molecule has 0 aromatic rings. The van der Waals surface area contributed by atoms with Crippen molar-refractivity contribution < 1.29 is 4.79 Å². The number of likely N-dealkylation sites (tertiary alicyclic amines) is 1. The van der Waals surface area contributed by atoms with Crippen molar-refractivity contribution in [1.82, 2.24) is 15.5 Å². The Morgan fingerprint density at radius 1 is 1.17 bits per heavy atom. The highest BCUT2D eigenvalue weighted by Crippen LogP contribution is 2.34. The molecule has 2 saturated heterocycles. The number of nitrogens with one attached hydrogen (secondary N) is 2. The molecular weight excluding hydrogens is 298 g/mol. The Labute approximate surface area is 144 Å². The largest absolute Gasteiger partial charge is 0.355 e. The molecule has 2 aliphatic carbocycles. The summed E-state index contributed by atoms with van der Waals surface area (Å²) in [5.41, 5.74) is 3.60. The van der Waals surface area contributed by atoms with Crippen molar-refractivity contribution in [2.45, 2.75) is 51.6 Å². The molecular formula is C20H27N3O. The zero-order valence-corrected chi connectivity index (χ0v) is 14.5. The molecule has 0 aromatic carbocycles.